The molecule has 0 bridgehead atoms. The molecule has 2 atom stereocenters. The molecular weight excluding hydrogens is 184 g/mol. The standard InChI is InChI=1S/C14H22O/c1-10-8-9-14(4,5)12(3)13(10)7-6-11(2)15/h6-8,12-13H,9H2,1-5H3. The van der Waals surface area contributed by atoms with Gasteiger partial charge in [-0.3, -0.25) is 4.79 Å². The van der Waals surface area contributed by atoms with E-state index in [1.54, 1.807) is 13.0 Å². The van der Waals surface area contributed by atoms with Gasteiger partial charge in [-0.15, -0.1) is 0 Å². The molecule has 0 radical (unpaired) electrons. The van der Waals surface area contributed by atoms with E-state index in [1.807, 2.05) is 0 Å². The van der Waals surface area contributed by atoms with Gasteiger partial charge in [0, 0.05) is 5.92 Å². The molecule has 0 heterocycles. The predicted molar refractivity (Wildman–Crippen MR) is 64.6 cm³/mol. The SMILES string of the molecule is CC(=O)C=CC1C(C)=CCC(C)(C)C1C. The number of ketones is 1. The topological polar surface area (TPSA) is 17.1 Å². The lowest BCUT2D eigenvalue weighted by Gasteiger charge is -2.40. The normalized spacial score (nSPS) is 30.3. The van der Waals surface area contributed by atoms with E-state index in [-0.39, 0.29) is 5.78 Å². The van der Waals surface area contributed by atoms with Gasteiger partial charge in [0.05, 0.1) is 0 Å². The average Bonchev–Trinajstić information content (AvgIpc) is 2.12. The largest absolute Gasteiger partial charge is 0.295 e. The molecule has 0 N–H and O–H groups in total. The first-order valence-corrected chi connectivity index (χ1v) is 5.70. The van der Waals surface area contributed by atoms with Crippen LogP contribution in [0.25, 0.3) is 0 Å². The van der Waals surface area contributed by atoms with Gasteiger partial charge < -0.3 is 0 Å². The maximum absolute atomic E-state index is 11.0. The molecule has 0 spiro atoms. The summed E-state index contributed by atoms with van der Waals surface area (Å²) >= 11 is 0. The highest BCUT2D eigenvalue weighted by Gasteiger charge is 2.34. The van der Waals surface area contributed by atoms with Gasteiger partial charge in [-0.2, -0.15) is 0 Å². The van der Waals surface area contributed by atoms with Crippen molar-refractivity contribution in [2.45, 2.75) is 41.0 Å². The van der Waals surface area contributed by atoms with Gasteiger partial charge in [-0.1, -0.05) is 38.5 Å². The zero-order valence-corrected chi connectivity index (χ0v) is 10.5. The van der Waals surface area contributed by atoms with Crippen LogP contribution in [0.2, 0.25) is 0 Å². The van der Waals surface area contributed by atoms with Crippen LogP contribution in [0.1, 0.15) is 41.0 Å². The average molecular weight is 206 g/mol. The van der Waals surface area contributed by atoms with Crippen molar-refractivity contribution in [2.24, 2.45) is 17.3 Å². The fourth-order valence-corrected chi connectivity index (χ4v) is 2.18. The summed E-state index contributed by atoms with van der Waals surface area (Å²) in [6.45, 7) is 10.7. The molecule has 1 heteroatoms. The summed E-state index contributed by atoms with van der Waals surface area (Å²) in [4.78, 5) is 11.0. The van der Waals surface area contributed by atoms with Crippen LogP contribution in [0.3, 0.4) is 0 Å². The molecule has 15 heavy (non-hydrogen) atoms. The van der Waals surface area contributed by atoms with Crippen molar-refractivity contribution in [3.8, 4) is 0 Å². The summed E-state index contributed by atoms with van der Waals surface area (Å²) < 4.78 is 0. The van der Waals surface area contributed by atoms with Crippen molar-refractivity contribution in [1.29, 1.82) is 0 Å². The zero-order valence-electron chi connectivity index (χ0n) is 10.5. The molecule has 84 valence electrons. The molecule has 0 saturated heterocycles. The quantitative estimate of drug-likeness (QED) is 0.496. The highest BCUT2D eigenvalue weighted by molar-refractivity contribution is 5.87. The smallest absolute Gasteiger partial charge is 0.152 e. The van der Waals surface area contributed by atoms with Gasteiger partial charge in [0.25, 0.3) is 0 Å². The molecule has 0 aromatic carbocycles. The van der Waals surface area contributed by atoms with E-state index in [2.05, 4.69) is 39.8 Å². The van der Waals surface area contributed by atoms with Crippen molar-refractivity contribution in [3.63, 3.8) is 0 Å². The number of rotatable bonds is 2. The van der Waals surface area contributed by atoms with Crippen LogP contribution in [0.15, 0.2) is 23.8 Å². The van der Waals surface area contributed by atoms with Gasteiger partial charge in [0.2, 0.25) is 0 Å². The van der Waals surface area contributed by atoms with Crippen LogP contribution < -0.4 is 0 Å². The summed E-state index contributed by atoms with van der Waals surface area (Å²) in [6.07, 6.45) is 7.24. The van der Waals surface area contributed by atoms with Crippen LogP contribution in [-0.4, -0.2) is 5.78 Å². The molecule has 1 aliphatic rings. The van der Waals surface area contributed by atoms with E-state index in [4.69, 9.17) is 0 Å². The number of carbonyl (C=O) groups excluding carboxylic acids is 1. The molecule has 1 rings (SSSR count). The summed E-state index contributed by atoms with van der Waals surface area (Å²) in [5.41, 5.74) is 1.74. The Bertz CT molecular complexity index is 307. The third-order valence-electron chi connectivity index (χ3n) is 3.79. The van der Waals surface area contributed by atoms with Gasteiger partial charge in [0.1, 0.15) is 0 Å². The second-order valence-corrected chi connectivity index (χ2v) is 5.43. The molecule has 0 amide bonds. The lowest BCUT2D eigenvalue weighted by molar-refractivity contribution is -0.112. The van der Waals surface area contributed by atoms with Gasteiger partial charge >= 0.3 is 0 Å². The maximum atomic E-state index is 11.0. The second-order valence-electron chi connectivity index (χ2n) is 5.43. The van der Waals surface area contributed by atoms with E-state index in [1.165, 1.54) is 5.57 Å². The molecule has 1 nitrogen and oxygen atoms in total. The van der Waals surface area contributed by atoms with Crippen LogP contribution >= 0.6 is 0 Å². The third-order valence-corrected chi connectivity index (χ3v) is 3.79. The van der Waals surface area contributed by atoms with Crippen LogP contribution in [0, 0.1) is 17.3 Å². The first-order chi connectivity index (χ1) is 6.84. The molecule has 0 aromatic heterocycles. The van der Waals surface area contributed by atoms with Crippen molar-refractivity contribution in [2.75, 3.05) is 0 Å². The highest BCUT2D eigenvalue weighted by Crippen LogP contribution is 2.43. The Balaban J connectivity index is 2.90. The number of allylic oxidation sites excluding steroid dienone is 4. The van der Waals surface area contributed by atoms with Crippen molar-refractivity contribution in [1.82, 2.24) is 0 Å². The minimum Gasteiger partial charge on any atom is -0.295 e. The fraction of sp³-hybridized carbons (Fsp3) is 0.643. The van der Waals surface area contributed by atoms with Gasteiger partial charge in [0.15, 0.2) is 5.78 Å². The Kier molecular flexibility index (Phi) is 3.54. The first kappa shape index (κ1) is 12.2. The lowest BCUT2D eigenvalue weighted by Crippen LogP contribution is -2.31. The zero-order chi connectivity index (χ0) is 11.6. The van der Waals surface area contributed by atoms with E-state index < -0.39 is 0 Å². The van der Waals surface area contributed by atoms with Crippen LogP contribution in [0.5, 0.6) is 0 Å². The fourth-order valence-electron chi connectivity index (χ4n) is 2.18. The minimum atomic E-state index is 0.137. The van der Waals surface area contributed by atoms with Crippen LogP contribution in [0.4, 0.5) is 0 Å². The van der Waals surface area contributed by atoms with Crippen molar-refractivity contribution in [3.05, 3.63) is 23.8 Å². The molecule has 2 unspecified atom stereocenters. The Morgan fingerprint density at radius 3 is 2.67 bits per heavy atom. The van der Waals surface area contributed by atoms with Crippen molar-refractivity contribution < 1.29 is 4.79 Å². The molecule has 0 fully saturated rings. The van der Waals surface area contributed by atoms with E-state index in [0.29, 0.717) is 17.3 Å². The Morgan fingerprint density at radius 1 is 1.53 bits per heavy atom. The minimum absolute atomic E-state index is 0.137. The molecule has 0 saturated carbocycles. The van der Waals surface area contributed by atoms with E-state index >= 15 is 0 Å². The Morgan fingerprint density at radius 2 is 2.13 bits per heavy atom. The highest BCUT2D eigenvalue weighted by atomic mass is 16.1. The third kappa shape index (κ3) is 2.80. The first-order valence-electron chi connectivity index (χ1n) is 5.70. The number of hydrogen-bond acceptors (Lipinski definition) is 1. The van der Waals surface area contributed by atoms with E-state index in [0.717, 1.165) is 6.42 Å². The van der Waals surface area contributed by atoms with Gasteiger partial charge in [-0.25, -0.2) is 0 Å². The van der Waals surface area contributed by atoms with Gasteiger partial charge in [-0.05, 0) is 37.7 Å². The molecule has 0 aromatic rings. The summed E-state index contributed by atoms with van der Waals surface area (Å²) in [5.74, 6) is 1.16. The molecule has 1 aliphatic carbocycles. The molecular formula is C14H22O. The van der Waals surface area contributed by atoms with Crippen LogP contribution in [-0.2, 0) is 4.79 Å². The Labute approximate surface area is 93.3 Å². The summed E-state index contributed by atoms with van der Waals surface area (Å²) in [5, 5.41) is 0. The monoisotopic (exact) mass is 206 g/mol. The summed E-state index contributed by atoms with van der Waals surface area (Å²) in [7, 11) is 0. The number of hydrogen-bond donors (Lipinski definition) is 0. The Hall–Kier alpha value is -0.850. The lowest BCUT2D eigenvalue weighted by atomic mass is 9.65. The predicted octanol–water partition coefficient (Wildman–Crippen LogP) is 3.76. The van der Waals surface area contributed by atoms with Crippen molar-refractivity contribution >= 4 is 5.78 Å². The maximum Gasteiger partial charge on any atom is 0.152 e. The second kappa shape index (κ2) is 4.34. The summed E-state index contributed by atoms with van der Waals surface area (Å²) in [6, 6.07) is 0. The number of carbonyl (C=O) groups is 1. The molecule has 0 aliphatic heterocycles. The van der Waals surface area contributed by atoms with E-state index in [9.17, 15) is 4.79 Å².